The lowest BCUT2D eigenvalue weighted by atomic mass is 9.98. The summed E-state index contributed by atoms with van der Waals surface area (Å²) in [7, 11) is -3.63. The summed E-state index contributed by atoms with van der Waals surface area (Å²) in [5, 5.41) is 2.81. The highest BCUT2D eigenvalue weighted by atomic mass is 32.2. The van der Waals surface area contributed by atoms with Gasteiger partial charge in [0.2, 0.25) is 15.9 Å². The first-order chi connectivity index (χ1) is 15.2. The normalized spacial score (nSPS) is 25.3. The molecule has 1 aromatic carbocycles. The van der Waals surface area contributed by atoms with Crippen molar-refractivity contribution in [3.8, 4) is 0 Å². The number of hydrogen-bond donors (Lipinski definition) is 1. The Morgan fingerprint density at radius 2 is 1.78 bits per heavy atom. The largest absolute Gasteiger partial charge is 0.466 e. The van der Waals surface area contributed by atoms with Crippen molar-refractivity contribution >= 4 is 27.6 Å². The average molecular weight is 468 g/mol. The van der Waals surface area contributed by atoms with E-state index in [-0.39, 0.29) is 41.4 Å². The topological polar surface area (TPSA) is 105 Å². The van der Waals surface area contributed by atoms with Gasteiger partial charge in [0.25, 0.3) is 0 Å². The maximum Gasteiger partial charge on any atom is 0.310 e. The number of amides is 1. The molecule has 0 bridgehead atoms. The number of piperidine rings is 1. The molecule has 9 nitrogen and oxygen atoms in total. The fourth-order valence-electron chi connectivity index (χ4n) is 4.24. The Morgan fingerprint density at radius 3 is 2.41 bits per heavy atom. The number of anilines is 1. The van der Waals surface area contributed by atoms with E-state index in [9.17, 15) is 18.0 Å². The molecule has 0 saturated carbocycles. The van der Waals surface area contributed by atoms with Gasteiger partial charge in [-0.2, -0.15) is 4.31 Å². The number of morpholine rings is 1. The van der Waals surface area contributed by atoms with Crippen LogP contribution in [-0.4, -0.2) is 81.0 Å². The van der Waals surface area contributed by atoms with E-state index >= 15 is 0 Å². The molecule has 3 unspecified atom stereocenters. The molecule has 178 valence electrons. The van der Waals surface area contributed by atoms with Crippen molar-refractivity contribution in [3.63, 3.8) is 0 Å². The van der Waals surface area contributed by atoms with Crippen molar-refractivity contribution in [2.24, 2.45) is 5.92 Å². The summed E-state index contributed by atoms with van der Waals surface area (Å²) in [6.45, 7) is 7.88. The molecule has 1 amide bonds. The van der Waals surface area contributed by atoms with E-state index in [1.54, 1.807) is 19.1 Å². The van der Waals surface area contributed by atoms with Crippen LogP contribution in [0.25, 0.3) is 0 Å². The van der Waals surface area contributed by atoms with Gasteiger partial charge in [-0.1, -0.05) is 0 Å². The van der Waals surface area contributed by atoms with Crippen LogP contribution in [0.15, 0.2) is 29.2 Å². The molecule has 10 heteroatoms. The third kappa shape index (κ3) is 6.28. The molecular formula is C22H33N3O6S. The smallest absolute Gasteiger partial charge is 0.310 e. The van der Waals surface area contributed by atoms with Crippen LogP contribution in [0.1, 0.15) is 33.6 Å². The molecule has 32 heavy (non-hydrogen) atoms. The van der Waals surface area contributed by atoms with Crippen LogP contribution in [0.5, 0.6) is 0 Å². The van der Waals surface area contributed by atoms with E-state index in [4.69, 9.17) is 9.47 Å². The monoisotopic (exact) mass is 467 g/mol. The molecule has 0 spiro atoms. The minimum atomic E-state index is -3.63. The third-order valence-electron chi connectivity index (χ3n) is 5.65. The Hall–Kier alpha value is -2.01. The average Bonchev–Trinajstić information content (AvgIpc) is 2.74. The zero-order chi connectivity index (χ0) is 23.3. The van der Waals surface area contributed by atoms with Crippen molar-refractivity contribution in [3.05, 3.63) is 24.3 Å². The van der Waals surface area contributed by atoms with Gasteiger partial charge in [-0.3, -0.25) is 14.5 Å². The summed E-state index contributed by atoms with van der Waals surface area (Å²) in [6, 6.07) is 6.20. The van der Waals surface area contributed by atoms with Crippen molar-refractivity contribution in [2.75, 3.05) is 44.6 Å². The fourth-order valence-corrected chi connectivity index (χ4v) is 5.83. The van der Waals surface area contributed by atoms with E-state index < -0.39 is 10.0 Å². The number of nitrogens with zero attached hydrogens (tertiary/aromatic N) is 2. The summed E-state index contributed by atoms with van der Waals surface area (Å²) in [5.41, 5.74) is 0.525. The molecule has 0 radical (unpaired) electrons. The van der Waals surface area contributed by atoms with Gasteiger partial charge in [-0.25, -0.2) is 8.42 Å². The van der Waals surface area contributed by atoms with Crippen LogP contribution in [0.2, 0.25) is 0 Å². The molecule has 2 saturated heterocycles. The zero-order valence-electron chi connectivity index (χ0n) is 19.0. The second kappa shape index (κ2) is 10.7. The second-order valence-electron chi connectivity index (χ2n) is 8.48. The third-order valence-corrected chi connectivity index (χ3v) is 7.50. The maximum atomic E-state index is 12.9. The molecule has 2 aliphatic rings. The molecule has 0 aliphatic carbocycles. The van der Waals surface area contributed by atoms with Crippen LogP contribution in [0.4, 0.5) is 5.69 Å². The van der Waals surface area contributed by atoms with Gasteiger partial charge >= 0.3 is 5.97 Å². The SMILES string of the molecule is CCOC(=O)C1CCCN(CC(=O)Nc2ccc(S(=O)(=O)N3CC(C)OC(C)C3)cc2)C1. The number of ether oxygens (including phenoxy) is 2. The summed E-state index contributed by atoms with van der Waals surface area (Å²) in [6.07, 6.45) is 1.28. The van der Waals surface area contributed by atoms with Crippen LogP contribution >= 0.6 is 0 Å². The van der Waals surface area contributed by atoms with Crippen LogP contribution < -0.4 is 5.32 Å². The quantitative estimate of drug-likeness (QED) is 0.609. The molecule has 3 atom stereocenters. The van der Waals surface area contributed by atoms with Crippen LogP contribution in [0, 0.1) is 5.92 Å². The molecule has 0 aromatic heterocycles. The van der Waals surface area contributed by atoms with Gasteiger partial charge in [-0.15, -0.1) is 0 Å². The lowest BCUT2D eigenvalue weighted by Crippen LogP contribution is -2.48. The highest BCUT2D eigenvalue weighted by Gasteiger charge is 2.32. The van der Waals surface area contributed by atoms with Crippen LogP contribution in [-0.2, 0) is 29.1 Å². The lowest BCUT2D eigenvalue weighted by molar-refractivity contribution is -0.150. The molecule has 2 fully saturated rings. The van der Waals surface area contributed by atoms with Crippen molar-refractivity contribution in [1.82, 2.24) is 9.21 Å². The van der Waals surface area contributed by atoms with Gasteiger partial charge < -0.3 is 14.8 Å². The molecule has 2 heterocycles. The van der Waals surface area contributed by atoms with E-state index in [0.29, 0.717) is 31.9 Å². The first-order valence-corrected chi connectivity index (χ1v) is 12.6. The number of carbonyl (C=O) groups is 2. The van der Waals surface area contributed by atoms with E-state index in [0.717, 1.165) is 19.4 Å². The number of esters is 1. The predicted octanol–water partition coefficient (Wildman–Crippen LogP) is 1.70. The van der Waals surface area contributed by atoms with E-state index in [1.165, 1.54) is 16.4 Å². The number of benzene rings is 1. The van der Waals surface area contributed by atoms with Gasteiger partial charge in [0, 0.05) is 25.3 Å². The summed E-state index contributed by atoms with van der Waals surface area (Å²) in [5.74, 6) is -0.619. The summed E-state index contributed by atoms with van der Waals surface area (Å²) in [4.78, 5) is 26.6. The Morgan fingerprint density at radius 1 is 1.12 bits per heavy atom. The molecule has 1 N–H and O–H groups in total. The first-order valence-electron chi connectivity index (χ1n) is 11.1. The minimum Gasteiger partial charge on any atom is -0.466 e. The Kier molecular flexibility index (Phi) is 8.26. The van der Waals surface area contributed by atoms with Crippen molar-refractivity contribution < 1.29 is 27.5 Å². The minimum absolute atomic E-state index is 0.162. The summed E-state index contributed by atoms with van der Waals surface area (Å²) >= 11 is 0. The highest BCUT2D eigenvalue weighted by Crippen LogP contribution is 2.23. The zero-order valence-corrected chi connectivity index (χ0v) is 19.8. The van der Waals surface area contributed by atoms with Crippen molar-refractivity contribution in [1.29, 1.82) is 0 Å². The first kappa shape index (κ1) is 24.6. The summed E-state index contributed by atoms with van der Waals surface area (Å²) < 4.78 is 38.1. The van der Waals surface area contributed by atoms with Crippen molar-refractivity contribution in [2.45, 2.75) is 50.7 Å². The van der Waals surface area contributed by atoms with Gasteiger partial charge in [0.1, 0.15) is 0 Å². The predicted molar refractivity (Wildman–Crippen MR) is 120 cm³/mol. The number of carbonyl (C=O) groups excluding carboxylic acids is 2. The highest BCUT2D eigenvalue weighted by molar-refractivity contribution is 7.89. The number of hydrogen-bond acceptors (Lipinski definition) is 7. The van der Waals surface area contributed by atoms with Gasteiger partial charge in [0.15, 0.2) is 0 Å². The van der Waals surface area contributed by atoms with Crippen LogP contribution in [0.3, 0.4) is 0 Å². The molecule has 3 rings (SSSR count). The molecule has 1 aromatic rings. The van der Waals surface area contributed by atoms with Gasteiger partial charge in [-0.05, 0) is 64.4 Å². The van der Waals surface area contributed by atoms with E-state index in [1.807, 2.05) is 18.7 Å². The standard InChI is InChI=1S/C22H33N3O6S/c1-4-30-22(27)18-6-5-11-24(14-18)15-21(26)23-19-7-9-20(10-8-19)32(28,29)25-12-16(2)31-17(3)13-25/h7-10,16-18H,4-6,11-15H2,1-3H3,(H,23,26). The number of likely N-dealkylation sites (tertiary alicyclic amines) is 1. The molecule has 2 aliphatic heterocycles. The number of nitrogens with one attached hydrogen (secondary N) is 1. The Labute approximate surface area is 190 Å². The lowest BCUT2D eigenvalue weighted by Gasteiger charge is -2.34. The fraction of sp³-hybridized carbons (Fsp3) is 0.636. The maximum absolute atomic E-state index is 12.9. The van der Waals surface area contributed by atoms with E-state index in [2.05, 4.69) is 5.32 Å². The molecular weight excluding hydrogens is 434 g/mol. The number of sulfonamides is 1. The van der Waals surface area contributed by atoms with Gasteiger partial charge in [0.05, 0.1) is 36.2 Å². The number of rotatable bonds is 7. The Balaban J connectivity index is 1.56. The second-order valence-corrected chi connectivity index (χ2v) is 10.4. The Bertz CT molecular complexity index is 895.